The number of hydrogen-bond donors (Lipinski definition) is 0. The number of benzene rings is 3. The van der Waals surface area contributed by atoms with Gasteiger partial charge in [0.25, 0.3) is 0 Å². The van der Waals surface area contributed by atoms with Crippen LogP contribution in [0.1, 0.15) is 31.4 Å². The highest BCUT2D eigenvalue weighted by Crippen LogP contribution is 2.50. The minimum absolute atomic E-state index is 0.138. The molecule has 0 radical (unpaired) electrons. The molecule has 3 aromatic carbocycles. The van der Waals surface area contributed by atoms with Crippen molar-refractivity contribution in [3.8, 4) is 0 Å². The quantitative estimate of drug-likeness (QED) is 0.226. The third kappa shape index (κ3) is 6.10. The average Bonchev–Trinajstić information content (AvgIpc) is 3.28. The van der Waals surface area contributed by atoms with Gasteiger partial charge in [0.15, 0.2) is 0 Å². The normalized spacial score (nSPS) is 17.6. The molecule has 0 amide bonds. The summed E-state index contributed by atoms with van der Waals surface area (Å²) in [6, 6.07) is 27.7. The van der Waals surface area contributed by atoms with Gasteiger partial charge in [0.05, 0.1) is 30.4 Å². The molecule has 3 aromatic rings. The predicted octanol–water partition coefficient (Wildman–Crippen LogP) is 8.20. The summed E-state index contributed by atoms with van der Waals surface area (Å²) in [5.41, 5.74) is 6.17. The Kier molecular flexibility index (Phi) is 8.75. The summed E-state index contributed by atoms with van der Waals surface area (Å²) in [7, 11) is -3.06. The lowest BCUT2D eigenvalue weighted by atomic mass is 9.99. The number of anilines is 2. The summed E-state index contributed by atoms with van der Waals surface area (Å²) >= 11 is 1.86. The van der Waals surface area contributed by atoms with Gasteiger partial charge in [-0.1, -0.05) is 72.4 Å². The van der Waals surface area contributed by atoms with Gasteiger partial charge < -0.3 is 18.8 Å². The van der Waals surface area contributed by atoms with E-state index in [0.717, 1.165) is 19.5 Å². The Hall–Kier alpha value is -2.76. The topological polar surface area (TPSA) is 42.0 Å². The standard InChI is InChI=1S/C31H35N2O3PS/c1-3-35-37(34,36-4-2)22-12-20-33-29-17-10-11-18-30(29)38-31(33)23-26-19-21-32(24-25-13-6-5-7-14-25)28-16-9-8-15-27(26)28/h5-11,13-19,21,23,31H,3-4,12,20,22,24H2,1-2H3/b26-23+. The Labute approximate surface area is 230 Å². The summed E-state index contributed by atoms with van der Waals surface area (Å²) in [4.78, 5) is 6.00. The maximum atomic E-state index is 13.0. The molecular weight excluding hydrogens is 511 g/mol. The maximum Gasteiger partial charge on any atom is 0.330 e. The van der Waals surface area contributed by atoms with E-state index in [-0.39, 0.29) is 5.37 Å². The van der Waals surface area contributed by atoms with Gasteiger partial charge in [-0.25, -0.2) is 0 Å². The van der Waals surface area contributed by atoms with Crippen molar-refractivity contribution in [2.75, 3.05) is 35.7 Å². The minimum Gasteiger partial charge on any atom is -0.355 e. The molecule has 0 N–H and O–H groups in total. The van der Waals surface area contributed by atoms with E-state index in [0.29, 0.717) is 19.4 Å². The van der Waals surface area contributed by atoms with Crippen molar-refractivity contribution < 1.29 is 13.6 Å². The zero-order valence-electron chi connectivity index (χ0n) is 22.0. The highest BCUT2D eigenvalue weighted by atomic mass is 32.2. The Bertz CT molecular complexity index is 1330. The predicted molar refractivity (Wildman–Crippen MR) is 160 cm³/mol. The summed E-state index contributed by atoms with van der Waals surface area (Å²) in [6.07, 6.45) is 7.93. The number of hydrogen-bond acceptors (Lipinski definition) is 6. The van der Waals surface area contributed by atoms with Crippen LogP contribution in [0.25, 0.3) is 5.57 Å². The summed E-state index contributed by atoms with van der Waals surface area (Å²) in [5.74, 6) is 0. The Morgan fingerprint density at radius 1 is 0.895 bits per heavy atom. The first-order chi connectivity index (χ1) is 18.6. The van der Waals surface area contributed by atoms with Crippen molar-refractivity contribution in [1.29, 1.82) is 0 Å². The zero-order chi connectivity index (χ0) is 26.4. The second-order valence-electron chi connectivity index (χ2n) is 9.26. The Balaban J connectivity index is 1.38. The molecule has 7 heteroatoms. The Morgan fingerprint density at radius 2 is 1.58 bits per heavy atom. The van der Waals surface area contributed by atoms with E-state index in [1.165, 1.54) is 33.0 Å². The van der Waals surface area contributed by atoms with Gasteiger partial charge in [-0.15, -0.1) is 0 Å². The molecule has 0 saturated heterocycles. The van der Waals surface area contributed by atoms with Crippen LogP contribution in [0.15, 0.2) is 102 Å². The lowest BCUT2D eigenvalue weighted by Crippen LogP contribution is -2.30. The van der Waals surface area contributed by atoms with E-state index < -0.39 is 7.60 Å². The largest absolute Gasteiger partial charge is 0.355 e. The first-order valence-corrected chi connectivity index (χ1v) is 15.9. The molecule has 1 unspecified atom stereocenters. The molecule has 1 atom stereocenters. The molecule has 5 nitrogen and oxygen atoms in total. The average molecular weight is 547 g/mol. The fourth-order valence-corrected chi connectivity index (χ4v) is 7.95. The lowest BCUT2D eigenvalue weighted by Gasteiger charge is -2.30. The molecule has 198 valence electrons. The number of nitrogens with zero attached hydrogens (tertiary/aromatic N) is 2. The molecule has 0 aliphatic carbocycles. The summed E-state index contributed by atoms with van der Waals surface area (Å²) in [6.45, 7) is 6.10. The van der Waals surface area contributed by atoms with E-state index in [2.05, 4.69) is 107 Å². The van der Waals surface area contributed by atoms with E-state index in [1.54, 1.807) is 0 Å². The lowest BCUT2D eigenvalue weighted by molar-refractivity contribution is 0.220. The van der Waals surface area contributed by atoms with Gasteiger partial charge in [-0.05, 0) is 61.8 Å². The van der Waals surface area contributed by atoms with Crippen LogP contribution in [-0.4, -0.2) is 31.3 Å². The fourth-order valence-electron chi connectivity index (χ4n) is 5.02. The second kappa shape index (κ2) is 12.4. The minimum atomic E-state index is -3.06. The van der Waals surface area contributed by atoms with Crippen molar-refractivity contribution in [2.45, 2.75) is 37.1 Å². The smallest absolute Gasteiger partial charge is 0.330 e. The van der Waals surface area contributed by atoms with Crippen LogP contribution in [0.2, 0.25) is 0 Å². The first kappa shape index (κ1) is 26.8. The van der Waals surface area contributed by atoms with Crippen molar-refractivity contribution in [3.63, 3.8) is 0 Å². The number of thioether (sulfide) groups is 1. The van der Waals surface area contributed by atoms with Crippen LogP contribution in [0, 0.1) is 0 Å². The monoisotopic (exact) mass is 546 g/mol. The molecule has 2 aliphatic rings. The van der Waals surface area contributed by atoms with Gasteiger partial charge in [0.1, 0.15) is 0 Å². The highest BCUT2D eigenvalue weighted by Gasteiger charge is 2.31. The van der Waals surface area contributed by atoms with Crippen LogP contribution in [0.5, 0.6) is 0 Å². The highest BCUT2D eigenvalue weighted by molar-refractivity contribution is 8.00. The van der Waals surface area contributed by atoms with Crippen LogP contribution in [-0.2, 0) is 20.2 Å². The fraction of sp³-hybridized carbons (Fsp3) is 0.290. The van der Waals surface area contributed by atoms with Crippen molar-refractivity contribution >= 4 is 36.3 Å². The third-order valence-corrected chi connectivity index (χ3v) is 10.1. The van der Waals surface area contributed by atoms with E-state index in [1.807, 2.05) is 25.6 Å². The summed E-state index contributed by atoms with van der Waals surface area (Å²) in [5, 5.41) is 0.138. The van der Waals surface area contributed by atoms with E-state index in [4.69, 9.17) is 9.05 Å². The van der Waals surface area contributed by atoms with Crippen molar-refractivity contribution in [3.05, 3.63) is 108 Å². The third-order valence-electron chi connectivity index (χ3n) is 6.69. The Morgan fingerprint density at radius 3 is 2.34 bits per heavy atom. The molecule has 2 heterocycles. The zero-order valence-corrected chi connectivity index (χ0v) is 23.7. The van der Waals surface area contributed by atoms with Crippen molar-refractivity contribution in [1.82, 2.24) is 0 Å². The molecule has 2 aliphatic heterocycles. The molecule has 0 bridgehead atoms. The maximum absolute atomic E-state index is 13.0. The first-order valence-electron chi connectivity index (χ1n) is 13.3. The summed E-state index contributed by atoms with van der Waals surface area (Å²) < 4.78 is 24.1. The second-order valence-corrected chi connectivity index (χ2v) is 12.6. The van der Waals surface area contributed by atoms with Gasteiger partial charge in [0, 0.05) is 35.4 Å². The van der Waals surface area contributed by atoms with E-state index in [9.17, 15) is 4.57 Å². The van der Waals surface area contributed by atoms with Crippen LogP contribution in [0.3, 0.4) is 0 Å². The van der Waals surface area contributed by atoms with Gasteiger partial charge in [-0.3, -0.25) is 4.57 Å². The number of para-hydroxylation sites is 2. The van der Waals surface area contributed by atoms with Crippen LogP contribution in [0.4, 0.5) is 11.4 Å². The molecule has 5 rings (SSSR count). The molecular formula is C31H35N2O3PS. The molecule has 0 fully saturated rings. The van der Waals surface area contributed by atoms with Crippen molar-refractivity contribution in [2.24, 2.45) is 0 Å². The van der Waals surface area contributed by atoms with Gasteiger partial charge in [0.2, 0.25) is 0 Å². The van der Waals surface area contributed by atoms with Gasteiger partial charge >= 0.3 is 7.60 Å². The van der Waals surface area contributed by atoms with Gasteiger partial charge in [-0.2, -0.15) is 0 Å². The number of fused-ring (bicyclic) bond motifs is 2. The number of rotatable bonds is 11. The molecule has 0 spiro atoms. The number of allylic oxidation sites excluding steroid dienone is 2. The molecule has 0 aromatic heterocycles. The molecule has 0 saturated carbocycles. The van der Waals surface area contributed by atoms with Crippen LogP contribution < -0.4 is 9.80 Å². The SMILES string of the molecule is CCOP(=O)(CCCN1c2ccccc2SC1/C=C1\C=CN(Cc2ccccc2)c2ccccc21)OCC. The van der Waals surface area contributed by atoms with Crippen LogP contribution >= 0.6 is 19.4 Å². The van der Waals surface area contributed by atoms with E-state index >= 15 is 0 Å². The molecule has 38 heavy (non-hydrogen) atoms.